The van der Waals surface area contributed by atoms with Crippen molar-refractivity contribution in [1.29, 1.82) is 0 Å². The summed E-state index contributed by atoms with van der Waals surface area (Å²) in [6.07, 6.45) is 0. The molecule has 5 heteroatoms. The molecule has 5 nitrogen and oxygen atoms in total. The van der Waals surface area contributed by atoms with Crippen molar-refractivity contribution >= 4 is 5.91 Å². The molecule has 1 heterocycles. The Morgan fingerprint density at radius 2 is 2.11 bits per heavy atom. The van der Waals surface area contributed by atoms with Gasteiger partial charge in [0.25, 0.3) is 5.91 Å². The number of carbonyl (C=O) groups is 1. The molecule has 1 unspecified atom stereocenters. The molecule has 0 saturated carbocycles. The second-order valence-corrected chi connectivity index (χ2v) is 4.89. The lowest BCUT2D eigenvalue weighted by molar-refractivity contribution is 0.0916. The van der Waals surface area contributed by atoms with E-state index < -0.39 is 0 Å². The first-order chi connectivity index (χ1) is 9.13. The molecular formula is C14H20N2O3. The van der Waals surface area contributed by atoms with Crippen molar-refractivity contribution in [2.75, 3.05) is 19.8 Å². The van der Waals surface area contributed by atoms with Crippen LogP contribution in [0.1, 0.15) is 24.2 Å². The zero-order valence-corrected chi connectivity index (χ0v) is 11.3. The Bertz CT molecular complexity index is 460. The van der Waals surface area contributed by atoms with Crippen LogP contribution in [0.4, 0.5) is 0 Å². The van der Waals surface area contributed by atoms with Crippen LogP contribution in [0.15, 0.2) is 18.2 Å². The van der Waals surface area contributed by atoms with Gasteiger partial charge in [0.15, 0.2) is 11.5 Å². The fourth-order valence-corrected chi connectivity index (χ4v) is 2.00. The van der Waals surface area contributed by atoms with Crippen molar-refractivity contribution < 1.29 is 14.3 Å². The van der Waals surface area contributed by atoms with E-state index in [-0.39, 0.29) is 17.9 Å². The number of hydrogen-bond donors (Lipinski definition) is 2. The average Bonchev–Trinajstić information content (AvgIpc) is 2.43. The van der Waals surface area contributed by atoms with Crippen LogP contribution in [0.5, 0.6) is 11.5 Å². The Morgan fingerprint density at radius 1 is 1.37 bits per heavy atom. The predicted molar refractivity (Wildman–Crippen MR) is 72.6 cm³/mol. The van der Waals surface area contributed by atoms with Crippen molar-refractivity contribution in [2.45, 2.75) is 19.9 Å². The normalized spacial score (nSPS) is 15.2. The standard InChI is InChI=1S/C14H20N2O3/c1-9(2)11(8-15)16-14(17)10-4-3-5-12-13(10)19-7-6-18-12/h3-5,9,11H,6-8,15H2,1-2H3,(H,16,17). The highest BCUT2D eigenvalue weighted by atomic mass is 16.6. The van der Waals surface area contributed by atoms with Crippen LogP contribution in [-0.4, -0.2) is 31.7 Å². The monoisotopic (exact) mass is 264 g/mol. The third-order valence-electron chi connectivity index (χ3n) is 3.19. The molecule has 2 rings (SSSR count). The van der Waals surface area contributed by atoms with Crippen LogP contribution < -0.4 is 20.5 Å². The molecule has 0 saturated heterocycles. The summed E-state index contributed by atoms with van der Waals surface area (Å²) in [5.41, 5.74) is 6.16. The van der Waals surface area contributed by atoms with Crippen molar-refractivity contribution in [3.05, 3.63) is 23.8 Å². The Labute approximate surface area is 113 Å². The fraction of sp³-hybridized carbons (Fsp3) is 0.500. The summed E-state index contributed by atoms with van der Waals surface area (Å²) in [5, 5.41) is 2.93. The van der Waals surface area contributed by atoms with Gasteiger partial charge < -0.3 is 20.5 Å². The topological polar surface area (TPSA) is 73.6 Å². The molecule has 0 bridgehead atoms. The van der Waals surface area contributed by atoms with Crippen LogP contribution in [0.2, 0.25) is 0 Å². The maximum absolute atomic E-state index is 12.3. The van der Waals surface area contributed by atoms with Crippen LogP contribution in [-0.2, 0) is 0 Å². The van der Waals surface area contributed by atoms with E-state index in [1.165, 1.54) is 0 Å². The molecule has 1 aliphatic heterocycles. The quantitative estimate of drug-likeness (QED) is 0.856. The van der Waals surface area contributed by atoms with Gasteiger partial charge in [-0.3, -0.25) is 4.79 Å². The van der Waals surface area contributed by atoms with Gasteiger partial charge in [-0.2, -0.15) is 0 Å². The molecular weight excluding hydrogens is 244 g/mol. The lowest BCUT2D eigenvalue weighted by atomic mass is 10.0. The maximum Gasteiger partial charge on any atom is 0.255 e. The molecule has 0 radical (unpaired) electrons. The zero-order chi connectivity index (χ0) is 13.8. The zero-order valence-electron chi connectivity index (χ0n) is 11.3. The molecule has 0 aliphatic carbocycles. The summed E-state index contributed by atoms with van der Waals surface area (Å²) in [7, 11) is 0. The van der Waals surface area contributed by atoms with E-state index in [9.17, 15) is 4.79 Å². The molecule has 1 aliphatic rings. The summed E-state index contributed by atoms with van der Waals surface area (Å²) >= 11 is 0. The van der Waals surface area contributed by atoms with E-state index in [0.717, 1.165) is 0 Å². The first-order valence-corrected chi connectivity index (χ1v) is 6.53. The number of rotatable bonds is 4. The number of nitrogens with two attached hydrogens (primary N) is 1. The van der Waals surface area contributed by atoms with Gasteiger partial charge in [0.05, 0.1) is 5.56 Å². The average molecular weight is 264 g/mol. The number of para-hydroxylation sites is 1. The fourth-order valence-electron chi connectivity index (χ4n) is 2.00. The van der Waals surface area contributed by atoms with Crippen LogP contribution in [0.25, 0.3) is 0 Å². The Kier molecular flexibility index (Phi) is 4.27. The van der Waals surface area contributed by atoms with E-state index in [2.05, 4.69) is 5.32 Å². The van der Waals surface area contributed by atoms with E-state index in [4.69, 9.17) is 15.2 Å². The van der Waals surface area contributed by atoms with Gasteiger partial charge in [-0.05, 0) is 18.1 Å². The van der Waals surface area contributed by atoms with Gasteiger partial charge in [-0.25, -0.2) is 0 Å². The number of fused-ring (bicyclic) bond motifs is 1. The minimum atomic E-state index is -0.175. The molecule has 19 heavy (non-hydrogen) atoms. The SMILES string of the molecule is CC(C)C(CN)NC(=O)c1cccc2c1OCCO2. The van der Waals surface area contributed by atoms with Crippen molar-refractivity contribution in [3.63, 3.8) is 0 Å². The number of hydrogen-bond acceptors (Lipinski definition) is 4. The van der Waals surface area contributed by atoms with E-state index in [1.54, 1.807) is 18.2 Å². The highest BCUT2D eigenvalue weighted by Crippen LogP contribution is 2.33. The molecule has 1 aromatic rings. The predicted octanol–water partition coefficient (Wildman–Crippen LogP) is 1.17. The molecule has 3 N–H and O–H groups in total. The lowest BCUT2D eigenvalue weighted by Crippen LogP contribution is -2.43. The third-order valence-corrected chi connectivity index (χ3v) is 3.19. The maximum atomic E-state index is 12.3. The number of amides is 1. The van der Waals surface area contributed by atoms with Crippen LogP contribution in [0, 0.1) is 5.92 Å². The van der Waals surface area contributed by atoms with Gasteiger partial charge in [-0.15, -0.1) is 0 Å². The molecule has 0 spiro atoms. The summed E-state index contributed by atoms with van der Waals surface area (Å²) in [6.45, 7) is 5.43. The number of nitrogens with one attached hydrogen (secondary N) is 1. The smallest absolute Gasteiger partial charge is 0.255 e. The minimum absolute atomic E-state index is 0.0483. The van der Waals surface area contributed by atoms with Gasteiger partial charge >= 0.3 is 0 Å². The number of carbonyl (C=O) groups excluding carboxylic acids is 1. The van der Waals surface area contributed by atoms with Gasteiger partial charge in [0, 0.05) is 12.6 Å². The largest absolute Gasteiger partial charge is 0.486 e. The van der Waals surface area contributed by atoms with E-state index in [1.807, 2.05) is 13.8 Å². The highest BCUT2D eigenvalue weighted by molar-refractivity contribution is 5.98. The van der Waals surface area contributed by atoms with E-state index in [0.29, 0.717) is 36.8 Å². The van der Waals surface area contributed by atoms with Gasteiger partial charge in [0.2, 0.25) is 0 Å². The van der Waals surface area contributed by atoms with Crippen LogP contribution in [0.3, 0.4) is 0 Å². The Morgan fingerprint density at radius 3 is 2.79 bits per heavy atom. The first-order valence-electron chi connectivity index (χ1n) is 6.53. The Hall–Kier alpha value is -1.75. The number of benzene rings is 1. The summed E-state index contributed by atoms with van der Waals surface area (Å²) in [4.78, 5) is 12.3. The van der Waals surface area contributed by atoms with E-state index >= 15 is 0 Å². The summed E-state index contributed by atoms with van der Waals surface area (Å²) in [5.74, 6) is 1.25. The third kappa shape index (κ3) is 2.98. The van der Waals surface area contributed by atoms with Crippen LogP contribution >= 0.6 is 0 Å². The highest BCUT2D eigenvalue weighted by Gasteiger charge is 2.22. The molecule has 1 aromatic carbocycles. The minimum Gasteiger partial charge on any atom is -0.486 e. The molecule has 1 amide bonds. The van der Waals surface area contributed by atoms with Crippen molar-refractivity contribution in [2.24, 2.45) is 11.7 Å². The summed E-state index contributed by atoms with van der Waals surface area (Å²) < 4.78 is 11.0. The molecule has 104 valence electrons. The molecule has 0 aromatic heterocycles. The van der Waals surface area contributed by atoms with Gasteiger partial charge in [0.1, 0.15) is 13.2 Å². The van der Waals surface area contributed by atoms with Crippen molar-refractivity contribution in [1.82, 2.24) is 5.32 Å². The Balaban J connectivity index is 2.19. The lowest BCUT2D eigenvalue weighted by Gasteiger charge is -2.23. The second kappa shape index (κ2) is 5.93. The molecule has 0 fully saturated rings. The summed E-state index contributed by atoms with van der Waals surface area (Å²) in [6, 6.07) is 5.27. The van der Waals surface area contributed by atoms with Crippen molar-refractivity contribution in [3.8, 4) is 11.5 Å². The number of ether oxygens (including phenoxy) is 2. The van der Waals surface area contributed by atoms with Gasteiger partial charge in [-0.1, -0.05) is 19.9 Å². The molecule has 1 atom stereocenters. The second-order valence-electron chi connectivity index (χ2n) is 4.89. The first kappa shape index (κ1) is 13.7.